The third-order valence-corrected chi connectivity index (χ3v) is 23.4. The van der Waals surface area contributed by atoms with Crippen LogP contribution < -0.4 is 0 Å². The second-order valence-electron chi connectivity index (χ2n) is 32.8. The van der Waals surface area contributed by atoms with Crippen LogP contribution in [0.15, 0.2) is 24.3 Å². The molecule has 0 amide bonds. The summed E-state index contributed by atoms with van der Waals surface area (Å²) in [5.41, 5.74) is 0. The number of allylic oxidation sites excluding steroid dienone is 4. The molecule has 0 aromatic rings. The number of aliphatic hydroxyl groups is 9. The third kappa shape index (κ3) is 49.0. The van der Waals surface area contributed by atoms with Gasteiger partial charge in [-0.15, -0.1) is 0 Å². The lowest BCUT2D eigenvalue weighted by molar-refractivity contribution is -0.360. The minimum absolute atomic E-state index is 0.00816. The van der Waals surface area contributed by atoms with Gasteiger partial charge in [0.15, 0.2) is 24.8 Å². The molecule has 25 nitrogen and oxygen atoms in total. The fourth-order valence-corrected chi connectivity index (χ4v) is 16.0. The minimum atomic E-state index is -5.81. The highest BCUT2D eigenvalue weighted by atomic mass is 31.2. The molecule has 0 aromatic carbocycles. The zero-order valence-electron chi connectivity index (χ0n) is 71.6. The summed E-state index contributed by atoms with van der Waals surface area (Å²) >= 11 is 0. The van der Waals surface area contributed by atoms with Crippen molar-refractivity contribution in [2.24, 2.45) is 0 Å². The van der Waals surface area contributed by atoms with Crippen LogP contribution in [0.4, 0.5) is 0 Å². The van der Waals surface area contributed by atoms with Gasteiger partial charge in [0, 0.05) is 25.7 Å². The van der Waals surface area contributed by atoms with E-state index < -0.39 is 162 Å². The van der Waals surface area contributed by atoms with E-state index in [-0.39, 0.29) is 32.1 Å². The molecule has 1 saturated carbocycles. The number of esters is 4. The van der Waals surface area contributed by atoms with E-state index in [1.807, 2.05) is 0 Å². The maximum absolute atomic E-state index is 14.9. The zero-order chi connectivity index (χ0) is 84.0. The number of phosphoric ester groups is 1. The predicted molar refractivity (Wildman–Crippen MR) is 444 cm³/mol. The summed E-state index contributed by atoms with van der Waals surface area (Å²) in [6.45, 7) is 5.56. The number of phosphoric acid groups is 1. The summed E-state index contributed by atoms with van der Waals surface area (Å²) < 4.78 is 73.3. The van der Waals surface area contributed by atoms with Gasteiger partial charge in [0.25, 0.3) is 0 Å². The van der Waals surface area contributed by atoms with Crippen LogP contribution in [0.3, 0.4) is 0 Å². The minimum Gasteiger partial charge on any atom is -0.463 e. The third-order valence-electron chi connectivity index (χ3n) is 22.4. The Morgan fingerprint density at radius 2 is 0.652 bits per heavy atom. The van der Waals surface area contributed by atoms with Crippen molar-refractivity contribution in [3.05, 3.63) is 24.3 Å². The maximum atomic E-state index is 14.9. The van der Waals surface area contributed by atoms with Gasteiger partial charge in [-0.25, -0.2) is 4.57 Å². The van der Waals surface area contributed by atoms with Gasteiger partial charge in [-0.2, -0.15) is 0 Å². The lowest BCUT2D eigenvalue weighted by Gasteiger charge is -2.50. The number of unbranched alkanes of at least 4 members (excludes halogenated alkanes) is 46. The predicted octanol–water partition coefficient (Wildman–Crippen LogP) is 16.5. The Bertz CT molecular complexity index is 2490. The number of aliphatic hydroxyl groups excluding tert-OH is 9. The number of rotatable bonds is 74. The average molecular weight is 1660 g/mol. The molecular weight excluding hydrogens is 1500 g/mol. The first kappa shape index (κ1) is 106. The standard InChI is InChI=1S/C89H163O25P/c1-5-9-13-17-21-25-29-33-35-39-41-45-49-53-57-61-72(91)105-66-69(108-74(93)63-59-55-51-47-43-37-31-27-23-19-15-11-7-3)67-107-115(103,104)114-87-85(112-88-82(101)78(97)76(95)70(65-90)109-88)81(100)80(99)84(111-75(94)64-60-56-52-48-44-38-32-28-24-20-16-12-8-4)86(87)113-89-83(102)79(98)77(96)71(110-89)68-106-73(92)62-58-54-50-46-42-40-36-34-30-26-22-18-14-10-6-2/h26,30,38,44,69-71,76-90,95-102H,5-25,27-29,31-37,39-43,45-68H2,1-4H3,(H,103,104)/b30-26-,44-38-. The van der Waals surface area contributed by atoms with Crippen molar-refractivity contribution in [1.82, 2.24) is 0 Å². The van der Waals surface area contributed by atoms with Gasteiger partial charge in [0.1, 0.15) is 92.6 Å². The Balaban J connectivity index is 1.92. The first-order valence-electron chi connectivity index (χ1n) is 46.1. The van der Waals surface area contributed by atoms with Crippen LogP contribution in [0.5, 0.6) is 0 Å². The summed E-state index contributed by atoms with van der Waals surface area (Å²) in [6, 6.07) is 0. The van der Waals surface area contributed by atoms with Crippen molar-refractivity contribution < 1.29 is 122 Å². The van der Waals surface area contributed by atoms with E-state index >= 15 is 0 Å². The van der Waals surface area contributed by atoms with E-state index in [1.165, 1.54) is 154 Å². The highest BCUT2D eigenvalue weighted by molar-refractivity contribution is 7.47. The second-order valence-corrected chi connectivity index (χ2v) is 34.2. The van der Waals surface area contributed by atoms with Crippen molar-refractivity contribution in [2.45, 2.75) is 491 Å². The molecule has 0 radical (unpaired) electrons. The topological polar surface area (TPSA) is 380 Å². The molecule has 2 heterocycles. The molecule has 2 aliphatic heterocycles. The molecule has 3 rings (SSSR count). The van der Waals surface area contributed by atoms with E-state index in [4.69, 9.17) is 46.9 Å². The molecule has 674 valence electrons. The molecular formula is C89H163O25P. The van der Waals surface area contributed by atoms with E-state index in [0.717, 1.165) is 141 Å². The molecule has 3 fully saturated rings. The molecule has 0 aromatic heterocycles. The Morgan fingerprint density at radius 1 is 0.339 bits per heavy atom. The largest absolute Gasteiger partial charge is 0.472 e. The molecule has 3 aliphatic rings. The van der Waals surface area contributed by atoms with Crippen molar-refractivity contribution in [2.75, 3.05) is 26.4 Å². The average Bonchev–Trinajstić information content (AvgIpc) is 0.756. The van der Waals surface area contributed by atoms with E-state index in [9.17, 15) is 74.6 Å². The summed E-state index contributed by atoms with van der Waals surface area (Å²) in [7, 11) is -5.81. The SMILES string of the molecule is CCCCCC/C=C\CCCCCCCCCC(=O)OCC1OC(OC2C(OC(=O)CCCCC/C=C\CCCCCCCC)C(O)C(O)C(OC3OC(CO)C(O)C(O)C3O)C2OP(=O)(O)OCC(COC(=O)CCCCCCCCCCCCCCCCC)OC(=O)CCCCCCCCCCCCCCC)C(O)C(O)C1O. The first-order valence-corrected chi connectivity index (χ1v) is 47.6. The fraction of sp³-hybridized carbons (Fsp3) is 0.910. The van der Waals surface area contributed by atoms with Crippen molar-refractivity contribution in [1.29, 1.82) is 0 Å². The molecule has 0 spiro atoms. The molecule has 1 aliphatic carbocycles. The van der Waals surface area contributed by atoms with E-state index in [1.54, 1.807) is 0 Å². The Kier molecular flexibility index (Phi) is 63.2. The van der Waals surface area contributed by atoms with Crippen molar-refractivity contribution >= 4 is 31.7 Å². The number of hydrogen-bond acceptors (Lipinski definition) is 24. The van der Waals surface area contributed by atoms with Crippen LogP contribution in [-0.2, 0) is 70.7 Å². The van der Waals surface area contributed by atoms with Crippen molar-refractivity contribution in [3.8, 4) is 0 Å². The summed E-state index contributed by atoms with van der Waals surface area (Å²) in [5, 5.41) is 102. The molecule has 2 saturated heterocycles. The maximum Gasteiger partial charge on any atom is 0.472 e. The highest BCUT2D eigenvalue weighted by Crippen LogP contribution is 2.49. The quantitative estimate of drug-likeness (QED) is 0.00889. The number of ether oxygens (including phenoxy) is 8. The van der Waals surface area contributed by atoms with Gasteiger partial charge >= 0.3 is 31.7 Å². The van der Waals surface area contributed by atoms with Gasteiger partial charge in [0.05, 0.1) is 13.2 Å². The van der Waals surface area contributed by atoms with Crippen molar-refractivity contribution in [3.63, 3.8) is 0 Å². The summed E-state index contributed by atoms with van der Waals surface area (Å²) in [5.74, 6) is -2.98. The lowest BCUT2D eigenvalue weighted by Crippen LogP contribution is -2.70. The lowest BCUT2D eigenvalue weighted by atomic mass is 9.84. The fourth-order valence-electron chi connectivity index (χ4n) is 15.1. The van der Waals surface area contributed by atoms with Crippen LogP contribution >= 0.6 is 7.82 Å². The molecule has 115 heavy (non-hydrogen) atoms. The van der Waals surface area contributed by atoms with Gasteiger partial charge < -0.3 is 88.7 Å². The summed E-state index contributed by atoms with van der Waals surface area (Å²) in [4.78, 5) is 66.3. The van der Waals surface area contributed by atoms with E-state index in [2.05, 4.69) is 52.0 Å². The Labute approximate surface area is 692 Å². The van der Waals surface area contributed by atoms with Crippen LogP contribution in [0, 0.1) is 0 Å². The van der Waals surface area contributed by atoms with Crippen LogP contribution in [0.1, 0.15) is 387 Å². The zero-order valence-corrected chi connectivity index (χ0v) is 72.5. The molecule has 10 N–H and O–H groups in total. The van der Waals surface area contributed by atoms with Crippen LogP contribution in [0.25, 0.3) is 0 Å². The molecule has 18 unspecified atom stereocenters. The molecule has 18 atom stereocenters. The van der Waals surface area contributed by atoms with Gasteiger partial charge in [-0.3, -0.25) is 28.2 Å². The first-order chi connectivity index (χ1) is 55.7. The summed E-state index contributed by atoms with van der Waals surface area (Å²) in [6.07, 6.45) is 27.6. The monoisotopic (exact) mass is 1660 g/mol. The number of hydrogen-bond donors (Lipinski definition) is 10. The smallest absolute Gasteiger partial charge is 0.463 e. The molecule has 0 bridgehead atoms. The Hall–Kier alpha value is -3.05. The Morgan fingerprint density at radius 3 is 1.05 bits per heavy atom. The van der Waals surface area contributed by atoms with Gasteiger partial charge in [-0.1, -0.05) is 309 Å². The second kappa shape index (κ2) is 68.5. The van der Waals surface area contributed by atoms with Crippen LogP contribution in [-0.4, -0.2) is 205 Å². The molecule has 26 heteroatoms. The number of carbonyl (C=O) groups excluding carboxylic acids is 4. The highest BCUT2D eigenvalue weighted by Gasteiger charge is 2.60. The van der Waals surface area contributed by atoms with Crippen LogP contribution in [0.2, 0.25) is 0 Å². The number of carbonyl (C=O) groups is 4. The van der Waals surface area contributed by atoms with Gasteiger partial charge in [0.2, 0.25) is 0 Å². The normalized spacial score (nSPS) is 25.3. The van der Waals surface area contributed by atoms with E-state index in [0.29, 0.717) is 32.1 Å². The van der Waals surface area contributed by atoms with Gasteiger partial charge in [-0.05, 0) is 77.0 Å².